The van der Waals surface area contributed by atoms with Crippen molar-refractivity contribution in [2.24, 2.45) is 0 Å². The molecule has 0 bridgehead atoms. The van der Waals surface area contributed by atoms with Gasteiger partial charge in [-0.05, 0) is 42.9 Å². The quantitative estimate of drug-likeness (QED) is 0.654. The van der Waals surface area contributed by atoms with Gasteiger partial charge in [0.25, 0.3) is 0 Å². The van der Waals surface area contributed by atoms with Crippen LogP contribution in [0.1, 0.15) is 36.8 Å². The third-order valence-electron chi connectivity index (χ3n) is 6.19. The molecular formula is C24H30N2O4. The number of fused-ring (bicyclic) bond motifs is 1. The van der Waals surface area contributed by atoms with Gasteiger partial charge in [0, 0.05) is 37.8 Å². The zero-order valence-electron chi connectivity index (χ0n) is 17.2. The Labute approximate surface area is 177 Å². The maximum atomic E-state index is 11.5. The zero-order valence-corrected chi connectivity index (χ0v) is 17.2. The predicted molar refractivity (Wildman–Crippen MR) is 116 cm³/mol. The number of piperidine rings is 1. The minimum atomic E-state index is -0.749. The fourth-order valence-electron chi connectivity index (χ4n) is 4.23. The molecule has 2 aliphatic rings. The number of carbonyl (C=O) groups is 1. The predicted octanol–water partition coefficient (Wildman–Crippen LogP) is 2.68. The number of amides is 1. The molecule has 6 heteroatoms. The lowest BCUT2D eigenvalue weighted by Crippen LogP contribution is -2.43. The van der Waals surface area contributed by atoms with Crippen molar-refractivity contribution < 1.29 is 19.7 Å². The Hall–Kier alpha value is -2.41. The molecule has 0 aliphatic carbocycles. The second-order valence-corrected chi connectivity index (χ2v) is 8.36. The maximum absolute atomic E-state index is 11.5. The number of hydrogen-bond donors (Lipinski definition) is 3. The highest BCUT2D eigenvalue weighted by Crippen LogP contribution is 2.32. The molecule has 1 saturated heterocycles. The summed E-state index contributed by atoms with van der Waals surface area (Å²) in [6, 6.07) is 15.6. The van der Waals surface area contributed by atoms with Crippen molar-refractivity contribution in [1.29, 1.82) is 0 Å². The average Bonchev–Trinajstić information content (AvgIpc) is 2.77. The van der Waals surface area contributed by atoms with Crippen LogP contribution in [0.3, 0.4) is 0 Å². The van der Waals surface area contributed by atoms with E-state index in [4.69, 9.17) is 4.74 Å². The monoisotopic (exact) mass is 410 g/mol. The van der Waals surface area contributed by atoms with Crippen molar-refractivity contribution in [3.05, 3.63) is 59.7 Å². The SMILES string of the molecule is O=C1CCc2ccc(OCC(O)CCN3CCC(O)(c4ccccc4)CC3)cc2N1. The Morgan fingerprint density at radius 3 is 2.63 bits per heavy atom. The van der Waals surface area contributed by atoms with E-state index in [0.717, 1.165) is 42.9 Å². The summed E-state index contributed by atoms with van der Waals surface area (Å²) in [7, 11) is 0. The molecule has 1 fully saturated rings. The third-order valence-corrected chi connectivity index (χ3v) is 6.19. The molecular weight excluding hydrogens is 380 g/mol. The lowest BCUT2D eigenvalue weighted by atomic mass is 9.84. The van der Waals surface area contributed by atoms with E-state index in [2.05, 4.69) is 10.2 Å². The summed E-state index contributed by atoms with van der Waals surface area (Å²) < 4.78 is 5.74. The van der Waals surface area contributed by atoms with Gasteiger partial charge in [0.1, 0.15) is 12.4 Å². The number of nitrogens with zero attached hydrogens (tertiary/aromatic N) is 1. The van der Waals surface area contributed by atoms with E-state index in [1.807, 2.05) is 48.5 Å². The van der Waals surface area contributed by atoms with Gasteiger partial charge in [0.05, 0.1) is 11.7 Å². The van der Waals surface area contributed by atoms with Gasteiger partial charge in [-0.15, -0.1) is 0 Å². The van der Waals surface area contributed by atoms with Crippen LogP contribution in [0.15, 0.2) is 48.5 Å². The van der Waals surface area contributed by atoms with Crippen molar-refractivity contribution >= 4 is 11.6 Å². The first-order valence-corrected chi connectivity index (χ1v) is 10.8. The van der Waals surface area contributed by atoms with Crippen LogP contribution in [-0.2, 0) is 16.8 Å². The first kappa shape index (κ1) is 20.8. The maximum Gasteiger partial charge on any atom is 0.224 e. The second-order valence-electron chi connectivity index (χ2n) is 8.36. The van der Waals surface area contributed by atoms with E-state index < -0.39 is 11.7 Å². The van der Waals surface area contributed by atoms with Crippen LogP contribution in [0.25, 0.3) is 0 Å². The molecule has 6 nitrogen and oxygen atoms in total. The summed E-state index contributed by atoms with van der Waals surface area (Å²) in [6.45, 7) is 2.61. The highest BCUT2D eigenvalue weighted by Gasteiger charge is 2.33. The summed E-state index contributed by atoms with van der Waals surface area (Å²) in [5.41, 5.74) is 2.15. The van der Waals surface area contributed by atoms with Gasteiger partial charge in [-0.25, -0.2) is 0 Å². The molecule has 1 unspecified atom stereocenters. The van der Waals surface area contributed by atoms with Gasteiger partial charge in [-0.1, -0.05) is 36.4 Å². The lowest BCUT2D eigenvalue weighted by Gasteiger charge is -2.38. The fraction of sp³-hybridized carbons (Fsp3) is 0.458. The van der Waals surface area contributed by atoms with Crippen LogP contribution in [0.4, 0.5) is 5.69 Å². The Balaban J connectivity index is 1.20. The van der Waals surface area contributed by atoms with Gasteiger partial charge in [0.2, 0.25) is 5.91 Å². The largest absolute Gasteiger partial charge is 0.491 e. The minimum Gasteiger partial charge on any atom is -0.491 e. The molecule has 2 aliphatic heterocycles. The molecule has 4 rings (SSSR count). The van der Waals surface area contributed by atoms with Crippen molar-refractivity contribution in [3.63, 3.8) is 0 Å². The highest BCUT2D eigenvalue weighted by molar-refractivity contribution is 5.94. The van der Waals surface area contributed by atoms with Crippen LogP contribution in [-0.4, -0.2) is 53.4 Å². The summed E-state index contributed by atoms with van der Waals surface area (Å²) >= 11 is 0. The molecule has 0 aromatic heterocycles. The van der Waals surface area contributed by atoms with Crippen LogP contribution in [0, 0.1) is 0 Å². The number of hydrogen-bond acceptors (Lipinski definition) is 5. The number of rotatable bonds is 7. The highest BCUT2D eigenvalue weighted by atomic mass is 16.5. The van der Waals surface area contributed by atoms with E-state index in [9.17, 15) is 15.0 Å². The molecule has 30 heavy (non-hydrogen) atoms. The molecule has 1 atom stereocenters. The number of nitrogens with one attached hydrogen (secondary N) is 1. The third kappa shape index (κ3) is 5.01. The van der Waals surface area contributed by atoms with Gasteiger partial charge < -0.3 is 25.2 Å². The average molecular weight is 411 g/mol. The first-order chi connectivity index (χ1) is 14.5. The number of anilines is 1. The summed E-state index contributed by atoms with van der Waals surface area (Å²) in [4.78, 5) is 13.8. The van der Waals surface area contributed by atoms with Crippen molar-refractivity contribution in [2.75, 3.05) is 31.6 Å². The summed E-state index contributed by atoms with van der Waals surface area (Å²) in [6.07, 6.45) is 2.72. The van der Waals surface area contributed by atoms with Crippen LogP contribution in [0.2, 0.25) is 0 Å². The number of aryl methyl sites for hydroxylation is 1. The van der Waals surface area contributed by atoms with Crippen molar-refractivity contribution in [2.45, 2.75) is 43.8 Å². The van der Waals surface area contributed by atoms with Crippen LogP contribution >= 0.6 is 0 Å². The minimum absolute atomic E-state index is 0.0281. The van der Waals surface area contributed by atoms with E-state index in [1.54, 1.807) is 0 Å². The molecule has 0 spiro atoms. The zero-order chi connectivity index (χ0) is 21.0. The topological polar surface area (TPSA) is 82.0 Å². The molecule has 3 N–H and O–H groups in total. The van der Waals surface area contributed by atoms with E-state index >= 15 is 0 Å². The number of likely N-dealkylation sites (tertiary alicyclic amines) is 1. The molecule has 2 aromatic rings. The Morgan fingerprint density at radius 1 is 1.10 bits per heavy atom. The second kappa shape index (κ2) is 9.16. The van der Waals surface area contributed by atoms with Crippen molar-refractivity contribution in [3.8, 4) is 5.75 Å². The smallest absolute Gasteiger partial charge is 0.224 e. The molecule has 2 aromatic carbocycles. The Bertz CT molecular complexity index is 863. The number of aliphatic hydroxyl groups excluding tert-OH is 1. The Kier molecular flexibility index (Phi) is 6.37. The fourth-order valence-corrected chi connectivity index (χ4v) is 4.23. The normalized spacial score (nSPS) is 19.6. The van der Waals surface area contributed by atoms with Crippen LogP contribution in [0.5, 0.6) is 5.75 Å². The molecule has 1 amide bonds. The summed E-state index contributed by atoms with van der Waals surface area (Å²) in [5.74, 6) is 0.682. The first-order valence-electron chi connectivity index (χ1n) is 10.8. The van der Waals surface area contributed by atoms with Crippen LogP contribution < -0.4 is 10.1 Å². The van der Waals surface area contributed by atoms with Gasteiger partial charge in [-0.3, -0.25) is 4.79 Å². The molecule has 2 heterocycles. The van der Waals surface area contributed by atoms with Gasteiger partial charge >= 0.3 is 0 Å². The summed E-state index contributed by atoms with van der Waals surface area (Å²) in [5, 5.41) is 24.1. The molecule has 0 saturated carbocycles. The standard InChI is InChI=1S/C24H30N2O4/c27-20(17-30-21-8-6-18-7-9-23(28)25-22(18)16-21)10-13-26-14-11-24(29,12-15-26)19-4-2-1-3-5-19/h1-6,8,16,20,27,29H,7,9-15,17H2,(H,25,28). The van der Waals surface area contributed by atoms with E-state index in [-0.39, 0.29) is 12.5 Å². The number of aliphatic hydroxyl groups is 2. The van der Waals surface area contributed by atoms with Gasteiger partial charge in [0.15, 0.2) is 0 Å². The Morgan fingerprint density at radius 2 is 1.87 bits per heavy atom. The van der Waals surface area contributed by atoms with E-state index in [0.29, 0.717) is 31.4 Å². The lowest BCUT2D eigenvalue weighted by molar-refractivity contribution is -0.116. The number of carbonyl (C=O) groups excluding carboxylic acids is 1. The van der Waals surface area contributed by atoms with Gasteiger partial charge in [-0.2, -0.15) is 0 Å². The number of benzene rings is 2. The van der Waals surface area contributed by atoms with E-state index in [1.165, 1.54) is 0 Å². The van der Waals surface area contributed by atoms with Crippen molar-refractivity contribution in [1.82, 2.24) is 4.90 Å². The molecule has 160 valence electrons. The number of ether oxygens (including phenoxy) is 1. The molecule has 0 radical (unpaired) electrons.